The molecule has 2 aromatic carbocycles. The highest BCUT2D eigenvalue weighted by Crippen LogP contribution is 2.50. The van der Waals surface area contributed by atoms with E-state index in [2.05, 4.69) is 87.4 Å². The Labute approximate surface area is 181 Å². The van der Waals surface area contributed by atoms with E-state index in [-0.39, 0.29) is 0 Å². The maximum absolute atomic E-state index is 5.38. The molecule has 0 aliphatic heterocycles. The molecule has 2 nitrogen and oxygen atoms in total. The third-order valence-corrected chi connectivity index (χ3v) is 6.25. The molecule has 1 aliphatic carbocycles. The van der Waals surface area contributed by atoms with Crippen LogP contribution in [0.15, 0.2) is 64.7 Å². The van der Waals surface area contributed by atoms with Crippen molar-refractivity contribution in [3.8, 4) is 11.1 Å². The van der Waals surface area contributed by atoms with E-state index in [1.807, 2.05) is 13.8 Å². The van der Waals surface area contributed by atoms with Crippen molar-refractivity contribution in [2.45, 2.75) is 60.8 Å². The Bertz CT molecular complexity index is 1030. The van der Waals surface area contributed by atoms with Crippen molar-refractivity contribution in [3.63, 3.8) is 0 Å². The first-order valence-electron chi connectivity index (χ1n) is 11.0. The summed E-state index contributed by atoms with van der Waals surface area (Å²) in [5.74, 6) is 0.873. The molecule has 1 aliphatic rings. The topological polar surface area (TPSA) is 26.0 Å². The molecule has 4 rings (SSSR count). The van der Waals surface area contributed by atoms with Gasteiger partial charge in [-0.15, -0.1) is 0 Å². The van der Waals surface area contributed by atoms with E-state index in [0.29, 0.717) is 10.8 Å². The summed E-state index contributed by atoms with van der Waals surface area (Å²) in [4.78, 5) is 0. The van der Waals surface area contributed by atoms with Crippen molar-refractivity contribution >= 4 is 5.57 Å². The van der Waals surface area contributed by atoms with Crippen LogP contribution in [0.4, 0.5) is 0 Å². The van der Waals surface area contributed by atoms with Gasteiger partial charge in [0.15, 0.2) is 0 Å². The maximum Gasteiger partial charge on any atom is 0.141 e. The first-order chi connectivity index (χ1) is 14.2. The monoisotopic (exact) mass is 399 g/mol. The lowest BCUT2D eigenvalue weighted by molar-refractivity contribution is 0.154. The lowest BCUT2D eigenvalue weighted by atomic mass is 9.62. The Morgan fingerprint density at radius 1 is 0.800 bits per heavy atom. The fourth-order valence-electron chi connectivity index (χ4n) is 5.69. The van der Waals surface area contributed by atoms with Crippen LogP contribution in [0.3, 0.4) is 0 Å². The second-order valence-corrected chi connectivity index (χ2v) is 10.5. The van der Waals surface area contributed by atoms with Crippen molar-refractivity contribution in [2.24, 2.45) is 10.8 Å². The zero-order chi connectivity index (χ0) is 21.5. The average Bonchev–Trinajstić information content (AvgIpc) is 2.99. The van der Waals surface area contributed by atoms with Gasteiger partial charge in [-0.25, -0.2) is 0 Å². The fraction of sp³-hybridized carbons (Fsp3) is 0.393. The summed E-state index contributed by atoms with van der Waals surface area (Å²) < 4.78 is 5.38. The molecule has 0 bridgehead atoms. The fourth-order valence-corrected chi connectivity index (χ4v) is 5.69. The van der Waals surface area contributed by atoms with Crippen LogP contribution in [0.2, 0.25) is 0 Å². The second-order valence-electron chi connectivity index (χ2n) is 10.5. The van der Waals surface area contributed by atoms with Gasteiger partial charge in [0.1, 0.15) is 5.76 Å². The highest BCUT2D eigenvalue weighted by molar-refractivity contribution is 5.83. The van der Waals surface area contributed by atoms with E-state index >= 15 is 0 Å². The summed E-state index contributed by atoms with van der Waals surface area (Å²) in [7, 11) is 0. The van der Waals surface area contributed by atoms with Crippen molar-refractivity contribution in [1.82, 2.24) is 5.16 Å². The lowest BCUT2D eigenvalue weighted by Crippen LogP contribution is -2.30. The zero-order valence-corrected chi connectivity index (χ0v) is 19.2. The molecule has 30 heavy (non-hydrogen) atoms. The van der Waals surface area contributed by atoms with Gasteiger partial charge in [0.2, 0.25) is 0 Å². The molecule has 0 spiro atoms. The lowest BCUT2D eigenvalue weighted by Gasteiger charge is -2.43. The van der Waals surface area contributed by atoms with Gasteiger partial charge in [0, 0.05) is 5.56 Å². The number of allylic oxidation sites excluding steroid dienone is 1. The SMILES string of the molecule is Cc1noc(C)c1-c1ccc(C(=C2CC(C)(C)CC(C)(C)C2)c2ccccc2)cc1. The second kappa shape index (κ2) is 7.58. The standard InChI is InChI=1S/C28H33NO/c1-19-25(20(2)30-29-19)22-12-14-23(15-13-22)26(21-10-8-7-9-11-21)24-16-27(3,4)18-28(5,6)17-24/h7-15H,16-18H2,1-6H3. The van der Waals surface area contributed by atoms with Crippen molar-refractivity contribution in [1.29, 1.82) is 0 Å². The van der Waals surface area contributed by atoms with Gasteiger partial charge in [-0.05, 0) is 66.2 Å². The average molecular weight is 400 g/mol. The molecule has 0 radical (unpaired) electrons. The minimum absolute atomic E-state index is 0.313. The van der Waals surface area contributed by atoms with Crippen LogP contribution >= 0.6 is 0 Å². The highest BCUT2D eigenvalue weighted by Gasteiger charge is 2.37. The van der Waals surface area contributed by atoms with Gasteiger partial charge in [-0.1, -0.05) is 93.0 Å². The smallest absolute Gasteiger partial charge is 0.141 e. The molecule has 1 saturated carbocycles. The van der Waals surface area contributed by atoms with Crippen LogP contribution in [-0.2, 0) is 0 Å². The molecular formula is C28H33NO. The van der Waals surface area contributed by atoms with Crippen LogP contribution in [-0.4, -0.2) is 5.16 Å². The van der Waals surface area contributed by atoms with Crippen molar-refractivity contribution in [2.75, 3.05) is 0 Å². The Hall–Kier alpha value is -2.61. The molecule has 156 valence electrons. The van der Waals surface area contributed by atoms with E-state index in [0.717, 1.165) is 35.4 Å². The minimum atomic E-state index is 0.313. The highest BCUT2D eigenvalue weighted by atomic mass is 16.5. The predicted octanol–water partition coefficient (Wildman–Crippen LogP) is 8.00. The van der Waals surface area contributed by atoms with Gasteiger partial charge in [-0.2, -0.15) is 0 Å². The van der Waals surface area contributed by atoms with E-state index in [1.54, 1.807) is 5.57 Å². The van der Waals surface area contributed by atoms with Crippen LogP contribution in [0.25, 0.3) is 16.7 Å². The number of benzene rings is 2. The van der Waals surface area contributed by atoms with Crippen LogP contribution in [0, 0.1) is 24.7 Å². The molecule has 0 unspecified atom stereocenters. The summed E-state index contributed by atoms with van der Waals surface area (Å²) in [6.45, 7) is 13.6. The first-order valence-corrected chi connectivity index (χ1v) is 11.0. The number of hydrogen-bond acceptors (Lipinski definition) is 2. The van der Waals surface area contributed by atoms with Crippen LogP contribution in [0.5, 0.6) is 0 Å². The molecular weight excluding hydrogens is 366 g/mol. The Morgan fingerprint density at radius 3 is 1.90 bits per heavy atom. The summed E-state index contributed by atoms with van der Waals surface area (Å²) in [5, 5.41) is 4.12. The van der Waals surface area contributed by atoms with Crippen molar-refractivity contribution < 1.29 is 4.52 Å². The Balaban J connectivity index is 1.84. The summed E-state index contributed by atoms with van der Waals surface area (Å²) in [6.07, 6.45) is 3.55. The molecule has 1 fully saturated rings. The Kier molecular flexibility index (Phi) is 5.22. The third-order valence-electron chi connectivity index (χ3n) is 6.25. The van der Waals surface area contributed by atoms with E-state index in [9.17, 15) is 0 Å². The summed E-state index contributed by atoms with van der Waals surface area (Å²) in [5.41, 5.74) is 9.42. The van der Waals surface area contributed by atoms with Gasteiger partial charge in [-0.3, -0.25) is 0 Å². The molecule has 0 atom stereocenters. The number of hydrogen-bond donors (Lipinski definition) is 0. The first kappa shape index (κ1) is 20.7. The largest absolute Gasteiger partial charge is 0.361 e. The number of aromatic nitrogens is 1. The van der Waals surface area contributed by atoms with Gasteiger partial charge >= 0.3 is 0 Å². The predicted molar refractivity (Wildman–Crippen MR) is 125 cm³/mol. The molecule has 0 saturated heterocycles. The normalized spacial score (nSPS) is 17.7. The number of aryl methyl sites for hydroxylation is 2. The number of nitrogens with zero attached hydrogens (tertiary/aromatic N) is 1. The minimum Gasteiger partial charge on any atom is -0.361 e. The van der Waals surface area contributed by atoms with Crippen molar-refractivity contribution in [3.05, 3.63) is 82.8 Å². The zero-order valence-electron chi connectivity index (χ0n) is 19.2. The van der Waals surface area contributed by atoms with Crippen LogP contribution < -0.4 is 0 Å². The third kappa shape index (κ3) is 4.14. The molecule has 1 heterocycles. The summed E-state index contributed by atoms with van der Waals surface area (Å²) >= 11 is 0. The van der Waals surface area contributed by atoms with Gasteiger partial charge in [0.05, 0.1) is 5.69 Å². The summed E-state index contributed by atoms with van der Waals surface area (Å²) in [6, 6.07) is 19.9. The van der Waals surface area contributed by atoms with Gasteiger partial charge < -0.3 is 4.52 Å². The van der Waals surface area contributed by atoms with Gasteiger partial charge in [0.25, 0.3) is 0 Å². The van der Waals surface area contributed by atoms with E-state index in [4.69, 9.17) is 4.52 Å². The molecule has 3 aromatic rings. The van der Waals surface area contributed by atoms with Crippen LogP contribution in [0.1, 0.15) is 69.5 Å². The van der Waals surface area contributed by atoms with E-state index < -0.39 is 0 Å². The quantitative estimate of drug-likeness (QED) is 0.446. The number of rotatable bonds is 3. The maximum atomic E-state index is 5.38. The Morgan fingerprint density at radius 2 is 1.37 bits per heavy atom. The molecule has 0 N–H and O–H groups in total. The molecule has 2 heteroatoms. The molecule has 1 aromatic heterocycles. The van der Waals surface area contributed by atoms with E-state index in [1.165, 1.54) is 23.1 Å². The molecule has 0 amide bonds.